The first-order valence-corrected chi connectivity index (χ1v) is 10.7. The third-order valence-electron chi connectivity index (χ3n) is 4.82. The van der Waals surface area contributed by atoms with Crippen molar-refractivity contribution in [2.45, 2.75) is 33.3 Å². The zero-order valence-electron chi connectivity index (χ0n) is 17.6. The summed E-state index contributed by atoms with van der Waals surface area (Å²) in [6.45, 7) is 6.61. The van der Waals surface area contributed by atoms with Crippen molar-refractivity contribution in [3.8, 4) is 22.4 Å². The molecule has 2 heterocycles. The first-order chi connectivity index (χ1) is 14.8. The van der Waals surface area contributed by atoms with Gasteiger partial charge >= 0.3 is 5.97 Å². The molecule has 1 saturated heterocycles. The maximum absolute atomic E-state index is 11.0. The molecule has 1 fully saturated rings. The first kappa shape index (κ1) is 22.5. The number of ether oxygens (including phenoxy) is 1. The van der Waals surface area contributed by atoms with Crippen molar-refractivity contribution in [3.63, 3.8) is 0 Å². The van der Waals surface area contributed by atoms with Crippen LogP contribution < -0.4 is 4.74 Å². The summed E-state index contributed by atoms with van der Waals surface area (Å²) >= 11 is 1.29. The Bertz CT molecular complexity index is 1060. The van der Waals surface area contributed by atoms with E-state index >= 15 is 0 Å². The van der Waals surface area contributed by atoms with Gasteiger partial charge in [-0.1, -0.05) is 11.3 Å². The van der Waals surface area contributed by atoms with Gasteiger partial charge in [-0.2, -0.15) is 5.26 Å². The van der Waals surface area contributed by atoms with E-state index in [1.54, 1.807) is 12.1 Å². The highest BCUT2D eigenvalue weighted by atomic mass is 32.1. The van der Waals surface area contributed by atoms with Crippen molar-refractivity contribution in [1.82, 2.24) is 15.1 Å². The standard InChI is InChI=1S/C21H24N6O3S/c1-12(2)30-18-5-4-14(8-15(18)9-22)20-25-26-21(31-20)24-13(3)16-10-27(11-19(28)29)7-6-17(16)23/h4-5,8,12,16,23H,6-7,10-11H2,1-3H3,(H,28,29). The Labute approximate surface area is 184 Å². The lowest BCUT2D eigenvalue weighted by molar-refractivity contribution is -0.138. The maximum atomic E-state index is 11.0. The Morgan fingerprint density at radius 2 is 2.26 bits per heavy atom. The van der Waals surface area contributed by atoms with Crippen LogP contribution in [0.15, 0.2) is 23.2 Å². The predicted molar refractivity (Wildman–Crippen MR) is 119 cm³/mol. The maximum Gasteiger partial charge on any atom is 0.317 e. The summed E-state index contributed by atoms with van der Waals surface area (Å²) in [7, 11) is 0. The molecule has 3 rings (SSSR count). The van der Waals surface area contributed by atoms with Gasteiger partial charge in [0, 0.05) is 36.0 Å². The van der Waals surface area contributed by atoms with Crippen molar-refractivity contribution >= 4 is 33.9 Å². The van der Waals surface area contributed by atoms with Crippen molar-refractivity contribution < 1.29 is 14.6 Å². The quantitative estimate of drug-likeness (QED) is 0.630. The zero-order valence-corrected chi connectivity index (χ0v) is 18.4. The second kappa shape index (κ2) is 9.76. The number of aliphatic imine (C=N–C) groups is 1. The topological polar surface area (TPSA) is 136 Å². The van der Waals surface area contributed by atoms with Crippen LogP contribution in [0.25, 0.3) is 10.6 Å². The molecule has 1 atom stereocenters. The zero-order chi connectivity index (χ0) is 22.5. The van der Waals surface area contributed by atoms with Crippen LogP contribution in [-0.4, -0.2) is 63.3 Å². The van der Waals surface area contributed by atoms with Gasteiger partial charge in [0.1, 0.15) is 16.8 Å². The number of piperidine rings is 1. The number of aliphatic carboxylic acids is 1. The number of carboxylic acid groups (broad SMARTS) is 1. The Hall–Kier alpha value is -3.16. The molecule has 0 bridgehead atoms. The molecule has 2 N–H and O–H groups in total. The molecule has 0 saturated carbocycles. The van der Waals surface area contributed by atoms with Crippen LogP contribution in [0.4, 0.5) is 5.13 Å². The molecule has 1 aromatic carbocycles. The van der Waals surface area contributed by atoms with Crippen molar-refractivity contribution in [3.05, 3.63) is 23.8 Å². The Morgan fingerprint density at radius 3 is 2.94 bits per heavy atom. The molecule has 1 unspecified atom stereocenters. The number of nitrogens with one attached hydrogen (secondary N) is 1. The van der Waals surface area contributed by atoms with Gasteiger partial charge in [0.25, 0.3) is 0 Å². The number of nitriles is 1. The highest BCUT2D eigenvalue weighted by molar-refractivity contribution is 7.18. The first-order valence-electron chi connectivity index (χ1n) is 9.88. The number of carboxylic acids is 1. The third kappa shape index (κ3) is 5.71. The SMILES string of the molecule is CC(=Nc1nnc(-c2ccc(OC(C)C)c(C#N)c2)s1)C1CN(CC(=O)O)CCC1=N. The van der Waals surface area contributed by atoms with Gasteiger partial charge < -0.3 is 15.3 Å². The highest BCUT2D eigenvalue weighted by Crippen LogP contribution is 2.32. The Morgan fingerprint density at radius 1 is 1.48 bits per heavy atom. The molecule has 2 aromatic rings. The number of likely N-dealkylation sites (tertiary alicyclic amines) is 1. The normalized spacial score (nSPS) is 17.6. The van der Waals surface area contributed by atoms with Crippen LogP contribution in [-0.2, 0) is 4.79 Å². The summed E-state index contributed by atoms with van der Waals surface area (Å²) in [5.41, 5.74) is 2.44. The van der Waals surface area contributed by atoms with E-state index in [1.165, 1.54) is 11.3 Å². The van der Waals surface area contributed by atoms with Crippen LogP contribution in [0.3, 0.4) is 0 Å². The van der Waals surface area contributed by atoms with Crippen molar-refractivity contribution in [2.24, 2.45) is 10.9 Å². The van der Waals surface area contributed by atoms with Crippen LogP contribution in [0.1, 0.15) is 32.8 Å². The van der Waals surface area contributed by atoms with E-state index in [-0.39, 0.29) is 18.6 Å². The van der Waals surface area contributed by atoms with Gasteiger partial charge in [0.15, 0.2) is 0 Å². The minimum atomic E-state index is -0.878. The summed E-state index contributed by atoms with van der Waals surface area (Å²) in [4.78, 5) is 17.4. The average molecular weight is 441 g/mol. The Balaban J connectivity index is 1.78. The van der Waals surface area contributed by atoms with E-state index in [2.05, 4.69) is 21.3 Å². The minimum absolute atomic E-state index is 0.0339. The lowest BCUT2D eigenvalue weighted by Crippen LogP contribution is -2.45. The van der Waals surface area contributed by atoms with Crippen molar-refractivity contribution in [1.29, 1.82) is 10.7 Å². The number of aromatic nitrogens is 2. The lowest BCUT2D eigenvalue weighted by atomic mass is 9.91. The van der Waals surface area contributed by atoms with Gasteiger partial charge in [-0.15, -0.1) is 10.2 Å². The molecule has 31 heavy (non-hydrogen) atoms. The molecule has 9 nitrogen and oxygen atoms in total. The smallest absolute Gasteiger partial charge is 0.317 e. The van der Waals surface area contributed by atoms with E-state index in [1.807, 2.05) is 31.7 Å². The average Bonchev–Trinajstić information content (AvgIpc) is 3.17. The number of hydrogen-bond acceptors (Lipinski definition) is 9. The van der Waals surface area contributed by atoms with E-state index < -0.39 is 5.97 Å². The van der Waals surface area contributed by atoms with Crippen LogP contribution in [0.2, 0.25) is 0 Å². The molecule has 10 heteroatoms. The van der Waals surface area contributed by atoms with Gasteiger partial charge in [-0.05, 0) is 45.4 Å². The van der Waals surface area contributed by atoms with Crippen molar-refractivity contribution in [2.75, 3.05) is 19.6 Å². The van der Waals surface area contributed by atoms with Gasteiger partial charge in [-0.3, -0.25) is 9.69 Å². The fourth-order valence-electron chi connectivity index (χ4n) is 3.34. The van der Waals surface area contributed by atoms with Gasteiger partial charge in [0.2, 0.25) is 5.13 Å². The molecule has 0 aliphatic carbocycles. The molecule has 162 valence electrons. The molecular weight excluding hydrogens is 416 g/mol. The summed E-state index contributed by atoms with van der Waals surface area (Å²) in [6, 6.07) is 7.46. The summed E-state index contributed by atoms with van der Waals surface area (Å²) in [5, 5.41) is 36.1. The molecule has 1 aliphatic rings. The summed E-state index contributed by atoms with van der Waals surface area (Å²) < 4.78 is 5.66. The van der Waals surface area contributed by atoms with E-state index in [4.69, 9.17) is 15.3 Å². The largest absolute Gasteiger partial charge is 0.490 e. The minimum Gasteiger partial charge on any atom is -0.490 e. The fraction of sp³-hybridized carbons (Fsp3) is 0.429. The van der Waals surface area contributed by atoms with E-state index in [9.17, 15) is 10.1 Å². The fourth-order valence-corrected chi connectivity index (χ4v) is 4.12. The van der Waals surface area contributed by atoms with Gasteiger partial charge in [-0.25, -0.2) is 4.99 Å². The van der Waals surface area contributed by atoms with Crippen LogP contribution in [0.5, 0.6) is 5.75 Å². The molecule has 0 radical (unpaired) electrons. The number of nitrogens with zero attached hydrogens (tertiary/aromatic N) is 5. The monoisotopic (exact) mass is 440 g/mol. The highest BCUT2D eigenvalue weighted by Gasteiger charge is 2.28. The molecule has 1 aromatic heterocycles. The second-order valence-electron chi connectivity index (χ2n) is 7.59. The van der Waals surface area contributed by atoms with Crippen LogP contribution in [0, 0.1) is 22.7 Å². The van der Waals surface area contributed by atoms with E-state index in [0.717, 1.165) is 5.56 Å². The van der Waals surface area contributed by atoms with Gasteiger partial charge in [0.05, 0.1) is 18.2 Å². The number of rotatable bonds is 7. The number of benzene rings is 1. The third-order valence-corrected chi connectivity index (χ3v) is 5.68. The summed E-state index contributed by atoms with van der Waals surface area (Å²) in [6.07, 6.45) is 0.488. The number of hydrogen-bond donors (Lipinski definition) is 2. The summed E-state index contributed by atoms with van der Waals surface area (Å²) in [5.74, 6) is -0.586. The van der Waals surface area contributed by atoms with Crippen LogP contribution >= 0.6 is 11.3 Å². The lowest BCUT2D eigenvalue weighted by Gasteiger charge is -2.32. The second-order valence-corrected chi connectivity index (χ2v) is 8.54. The Kier molecular flexibility index (Phi) is 7.09. The molecule has 0 amide bonds. The predicted octanol–water partition coefficient (Wildman–Crippen LogP) is 3.38. The molecule has 0 spiro atoms. The molecule has 1 aliphatic heterocycles. The number of carbonyl (C=O) groups is 1. The molecular formula is C21H24N6O3S. The van der Waals surface area contributed by atoms with E-state index in [0.29, 0.717) is 52.4 Å².